The minimum atomic E-state index is -1.71. The molecule has 8 atom stereocenters. The molecule has 1 fully saturated rings. The summed E-state index contributed by atoms with van der Waals surface area (Å²) in [4.78, 5) is 43.2. The third-order valence-corrected chi connectivity index (χ3v) is 9.61. The molecule has 2 bridgehead atoms. The van der Waals surface area contributed by atoms with E-state index in [0.717, 1.165) is 7.11 Å². The Kier molecular flexibility index (Phi) is 7.31. The Labute approximate surface area is 258 Å². The summed E-state index contributed by atoms with van der Waals surface area (Å²) in [7, 11) is 4.47. The molecule has 0 aromatic heterocycles. The van der Waals surface area contributed by atoms with Crippen LogP contribution in [0.4, 0.5) is 0 Å². The van der Waals surface area contributed by atoms with Gasteiger partial charge < -0.3 is 49.4 Å². The fourth-order valence-electron chi connectivity index (χ4n) is 7.44. The number of ether oxygens (including phenoxy) is 4. The largest absolute Gasteiger partial charge is 0.507 e. The Bertz CT molecular complexity index is 1630. The number of benzene rings is 2. The van der Waals surface area contributed by atoms with Gasteiger partial charge in [0.25, 0.3) is 0 Å². The summed E-state index contributed by atoms with van der Waals surface area (Å²) >= 11 is 0. The van der Waals surface area contributed by atoms with E-state index >= 15 is 0 Å². The van der Waals surface area contributed by atoms with Crippen LogP contribution in [0, 0.1) is 0 Å². The van der Waals surface area contributed by atoms with E-state index in [1.165, 1.54) is 26.0 Å². The number of methoxy groups -OCH3 is 1. The minimum absolute atomic E-state index is 0.0572. The number of aliphatic hydroxyl groups excluding tert-OH is 2. The third kappa shape index (κ3) is 4.25. The van der Waals surface area contributed by atoms with E-state index in [1.54, 1.807) is 19.0 Å². The van der Waals surface area contributed by atoms with Crippen LogP contribution in [0.25, 0.3) is 0 Å². The first-order chi connectivity index (χ1) is 21.1. The molecule has 6 rings (SSSR count). The van der Waals surface area contributed by atoms with E-state index in [2.05, 4.69) is 0 Å². The maximum absolute atomic E-state index is 14.4. The summed E-state index contributed by atoms with van der Waals surface area (Å²) in [5.41, 5.74) is -4.55. The van der Waals surface area contributed by atoms with Crippen LogP contribution in [0.2, 0.25) is 0 Å². The number of fused-ring (bicyclic) bond motifs is 8. The van der Waals surface area contributed by atoms with Crippen LogP contribution in [0.15, 0.2) is 12.1 Å². The van der Waals surface area contributed by atoms with Crippen molar-refractivity contribution in [3.05, 3.63) is 51.1 Å². The zero-order valence-corrected chi connectivity index (χ0v) is 25.8. The number of nitrogens with zero attached hydrogens (tertiary/aromatic N) is 1. The van der Waals surface area contributed by atoms with Crippen LogP contribution in [-0.2, 0) is 24.6 Å². The van der Waals surface area contributed by atoms with Crippen LogP contribution in [0.1, 0.15) is 94.2 Å². The van der Waals surface area contributed by atoms with Gasteiger partial charge in [0.1, 0.15) is 41.0 Å². The Morgan fingerprint density at radius 2 is 1.78 bits per heavy atom. The van der Waals surface area contributed by atoms with Gasteiger partial charge >= 0.3 is 5.97 Å². The topological polar surface area (TPSA) is 193 Å². The summed E-state index contributed by atoms with van der Waals surface area (Å²) < 4.78 is 22.9. The van der Waals surface area contributed by atoms with Gasteiger partial charge in [-0.25, -0.2) is 0 Å². The molecule has 2 aromatic carbocycles. The second kappa shape index (κ2) is 10.5. The maximum Gasteiger partial charge on any atom is 0.316 e. The lowest BCUT2D eigenvalue weighted by Gasteiger charge is -2.53. The second-order valence-electron chi connectivity index (χ2n) is 12.8. The molecule has 0 unspecified atom stereocenters. The molecular weight excluding hydrogens is 590 g/mol. The quantitative estimate of drug-likeness (QED) is 0.255. The summed E-state index contributed by atoms with van der Waals surface area (Å²) in [5.74, 6) is -5.26. The molecule has 2 heterocycles. The lowest BCUT2D eigenvalue weighted by molar-refractivity contribution is -0.311. The van der Waals surface area contributed by atoms with E-state index in [-0.39, 0.29) is 46.6 Å². The first-order valence-corrected chi connectivity index (χ1v) is 14.8. The number of hydrogen-bond donors (Lipinski definition) is 5. The molecule has 5 N–H and O–H groups in total. The maximum atomic E-state index is 14.4. The van der Waals surface area contributed by atoms with Gasteiger partial charge in [-0.2, -0.15) is 0 Å². The van der Waals surface area contributed by atoms with Crippen LogP contribution in [0.3, 0.4) is 0 Å². The number of esters is 1. The summed E-state index contributed by atoms with van der Waals surface area (Å²) in [5, 5.41) is 56.7. The zero-order chi connectivity index (χ0) is 32.9. The van der Waals surface area contributed by atoms with E-state index in [4.69, 9.17) is 18.9 Å². The second-order valence-corrected chi connectivity index (χ2v) is 12.8. The van der Waals surface area contributed by atoms with Gasteiger partial charge in [0.15, 0.2) is 5.78 Å². The highest BCUT2D eigenvalue weighted by Crippen LogP contribution is 2.56. The van der Waals surface area contributed by atoms with Gasteiger partial charge in [0, 0.05) is 29.7 Å². The highest BCUT2D eigenvalue weighted by molar-refractivity contribution is 6.31. The van der Waals surface area contributed by atoms with Gasteiger partial charge in [-0.15, -0.1) is 0 Å². The molecule has 13 nitrogen and oxygen atoms in total. The number of rotatable bonds is 5. The molecule has 2 aromatic rings. The highest BCUT2D eigenvalue weighted by atomic mass is 16.7. The van der Waals surface area contributed by atoms with Crippen molar-refractivity contribution in [2.24, 2.45) is 0 Å². The Hall–Kier alpha value is -3.59. The zero-order valence-electron chi connectivity index (χ0n) is 25.8. The van der Waals surface area contributed by atoms with Crippen molar-refractivity contribution in [2.45, 2.75) is 81.4 Å². The van der Waals surface area contributed by atoms with Gasteiger partial charge in [-0.3, -0.25) is 14.4 Å². The fraction of sp³-hybridized carbons (Fsp3) is 0.531. The molecule has 45 heavy (non-hydrogen) atoms. The minimum Gasteiger partial charge on any atom is -0.507 e. The summed E-state index contributed by atoms with van der Waals surface area (Å²) in [6.07, 6.45) is -4.50. The summed E-state index contributed by atoms with van der Waals surface area (Å²) in [6, 6.07) is 1.61. The van der Waals surface area contributed by atoms with Crippen molar-refractivity contribution in [1.29, 1.82) is 0 Å². The molecule has 0 radical (unpaired) electrons. The Morgan fingerprint density at radius 3 is 2.40 bits per heavy atom. The molecule has 1 saturated heterocycles. The van der Waals surface area contributed by atoms with Gasteiger partial charge in [0.05, 0.1) is 41.5 Å². The van der Waals surface area contributed by atoms with Crippen molar-refractivity contribution >= 4 is 17.5 Å². The smallest absolute Gasteiger partial charge is 0.316 e. The monoisotopic (exact) mass is 627 g/mol. The van der Waals surface area contributed by atoms with E-state index in [1.807, 2.05) is 6.92 Å². The molecule has 2 aliphatic carbocycles. The molecule has 13 heteroatoms. The average Bonchev–Trinajstić information content (AvgIpc) is 2.96. The predicted octanol–water partition coefficient (Wildman–Crippen LogP) is 1.37. The number of likely N-dealkylation sites (N-methyl/N-ethyl adjacent to an activating group) is 1. The van der Waals surface area contributed by atoms with E-state index in [0.29, 0.717) is 6.42 Å². The predicted molar refractivity (Wildman–Crippen MR) is 154 cm³/mol. The van der Waals surface area contributed by atoms with Crippen LogP contribution in [-0.4, -0.2) is 106 Å². The van der Waals surface area contributed by atoms with Crippen molar-refractivity contribution in [2.75, 3.05) is 27.8 Å². The first kappa shape index (κ1) is 31.4. The fourth-order valence-corrected chi connectivity index (χ4v) is 7.44. The number of aromatic hydroxyl groups is 2. The lowest BCUT2D eigenvalue weighted by atomic mass is 9.68. The number of aliphatic hydroxyl groups is 3. The number of phenols is 2. The van der Waals surface area contributed by atoms with Gasteiger partial charge in [0.2, 0.25) is 12.1 Å². The van der Waals surface area contributed by atoms with Crippen molar-refractivity contribution in [3.63, 3.8) is 0 Å². The number of phenolic OH excluding ortho intramolecular Hbond substituents is 2. The van der Waals surface area contributed by atoms with E-state index < -0.39 is 87.9 Å². The van der Waals surface area contributed by atoms with Gasteiger partial charge in [-0.1, -0.05) is 6.92 Å². The standard InChI is InChI=1S/C32H37NO12/c1-7-8-43-16-11-31(2,41)21(29(40)42-6)12-9-13-18(24(36)17(12)16)25(37)19-15(34)10-14-27(20(19)23(13)35)44-30-26(38)22(33(4)5)28(39)32(14,3)45-30/h9-10,16,21-22,26,28,30,34,36,38-39,41H,7-8,11H2,1-6H3/t16-,21-,22-,26-,28+,30+,31-,32+/m0/s1. The molecular formula is C32H37NO12. The molecule has 4 aliphatic rings. The SMILES string of the molecule is CCCO[C@H]1C[C@](C)(O)[C@H](C(=O)OC)c2cc3c(c(O)c21)C(=O)c1c(O)cc2c(c1C3=O)O[C@@H]1O[C@@]2(C)[C@H](O)[C@@H](N(C)C)[C@@H]1O. The molecule has 0 saturated carbocycles. The van der Waals surface area contributed by atoms with Crippen LogP contribution in [0.5, 0.6) is 17.2 Å². The molecule has 242 valence electrons. The Morgan fingerprint density at radius 1 is 1.09 bits per heavy atom. The summed E-state index contributed by atoms with van der Waals surface area (Å²) in [6.45, 7) is 5.08. The average molecular weight is 628 g/mol. The van der Waals surface area contributed by atoms with Crippen LogP contribution < -0.4 is 4.74 Å². The lowest BCUT2D eigenvalue weighted by Crippen LogP contribution is -2.68. The molecule has 0 spiro atoms. The number of hydrogen-bond acceptors (Lipinski definition) is 13. The van der Waals surface area contributed by atoms with Gasteiger partial charge in [-0.05, 0) is 52.1 Å². The first-order valence-electron chi connectivity index (χ1n) is 14.8. The molecule has 0 amide bonds. The number of carbonyl (C=O) groups is 3. The molecule has 2 aliphatic heterocycles. The normalized spacial score (nSPS) is 33.1. The third-order valence-electron chi connectivity index (χ3n) is 9.61. The number of ketones is 2. The van der Waals surface area contributed by atoms with E-state index in [9.17, 15) is 39.9 Å². The van der Waals surface area contributed by atoms with Crippen LogP contribution >= 0.6 is 0 Å². The van der Waals surface area contributed by atoms with Crippen molar-refractivity contribution < 1.29 is 58.9 Å². The van der Waals surface area contributed by atoms with Crippen molar-refractivity contribution in [1.82, 2.24) is 4.90 Å². The highest BCUT2D eigenvalue weighted by Gasteiger charge is 2.59. The number of carbonyl (C=O) groups excluding carboxylic acids is 3. The Balaban J connectivity index is 1.59. The van der Waals surface area contributed by atoms with Crippen molar-refractivity contribution in [3.8, 4) is 17.2 Å².